The first-order valence-electron chi connectivity index (χ1n) is 5.67. The van der Waals surface area contributed by atoms with Crippen LogP contribution in [0.4, 0.5) is 20.2 Å². The fraction of sp³-hybridized carbons (Fsp3) is 0.455. The maximum atomic E-state index is 13.6. The summed E-state index contributed by atoms with van der Waals surface area (Å²) >= 11 is 0. The molecule has 2 rings (SSSR count). The van der Waals surface area contributed by atoms with Gasteiger partial charge in [-0.3, -0.25) is 4.72 Å². The summed E-state index contributed by atoms with van der Waals surface area (Å²) in [5, 5.41) is -0.511. The zero-order valence-corrected chi connectivity index (χ0v) is 10.4. The maximum Gasteiger partial charge on any atom is 0.235 e. The summed E-state index contributed by atoms with van der Waals surface area (Å²) in [4.78, 5) is 0. The molecular weight excluding hydrogens is 262 g/mol. The van der Waals surface area contributed by atoms with E-state index in [2.05, 4.69) is 4.72 Å². The fourth-order valence-electron chi connectivity index (χ4n) is 2.08. The smallest absolute Gasteiger partial charge is 0.235 e. The van der Waals surface area contributed by atoms with Gasteiger partial charge in [0.25, 0.3) is 0 Å². The first kappa shape index (κ1) is 13.1. The first-order chi connectivity index (χ1) is 8.42. The lowest BCUT2D eigenvalue weighted by molar-refractivity contribution is 0.580. The highest BCUT2D eigenvalue weighted by atomic mass is 32.2. The number of sulfonamides is 1. The van der Waals surface area contributed by atoms with Crippen LogP contribution in [0.3, 0.4) is 0 Å². The molecule has 3 N–H and O–H groups in total. The molecular formula is C11H14F2N2O2S. The van der Waals surface area contributed by atoms with Crippen LogP contribution in [-0.2, 0) is 10.0 Å². The van der Waals surface area contributed by atoms with Gasteiger partial charge in [-0.1, -0.05) is 12.8 Å². The highest BCUT2D eigenvalue weighted by Crippen LogP contribution is 2.29. The molecule has 0 aliphatic heterocycles. The topological polar surface area (TPSA) is 72.2 Å². The van der Waals surface area contributed by atoms with Crippen molar-refractivity contribution in [1.29, 1.82) is 0 Å². The Morgan fingerprint density at radius 3 is 2.44 bits per heavy atom. The van der Waals surface area contributed by atoms with Crippen molar-refractivity contribution >= 4 is 21.4 Å². The van der Waals surface area contributed by atoms with Crippen LogP contribution in [0.25, 0.3) is 0 Å². The third kappa shape index (κ3) is 2.40. The molecule has 0 bridgehead atoms. The van der Waals surface area contributed by atoms with Gasteiger partial charge in [-0.05, 0) is 25.0 Å². The predicted octanol–water partition coefficient (Wildman–Crippen LogP) is 2.23. The van der Waals surface area contributed by atoms with Gasteiger partial charge in [0.2, 0.25) is 10.0 Å². The molecule has 7 heteroatoms. The Labute approximate surface area is 104 Å². The Balaban J connectivity index is 2.26. The number of hydrogen-bond acceptors (Lipinski definition) is 3. The summed E-state index contributed by atoms with van der Waals surface area (Å²) in [5.74, 6) is -1.98. The second kappa shape index (κ2) is 4.72. The number of nitrogens with two attached hydrogens (primary N) is 1. The second-order valence-corrected chi connectivity index (χ2v) is 6.34. The number of anilines is 2. The first-order valence-corrected chi connectivity index (χ1v) is 7.21. The van der Waals surface area contributed by atoms with Crippen LogP contribution in [0.1, 0.15) is 25.7 Å². The van der Waals surface area contributed by atoms with Crippen LogP contribution in [0, 0.1) is 11.6 Å². The third-order valence-corrected chi connectivity index (χ3v) is 4.97. The summed E-state index contributed by atoms with van der Waals surface area (Å²) in [5.41, 5.74) is 4.19. The molecule has 0 saturated heterocycles. The molecule has 100 valence electrons. The summed E-state index contributed by atoms with van der Waals surface area (Å²) in [6, 6.07) is 1.97. The predicted molar refractivity (Wildman–Crippen MR) is 65.6 cm³/mol. The lowest BCUT2D eigenvalue weighted by atomic mass is 10.2. The van der Waals surface area contributed by atoms with Crippen molar-refractivity contribution in [3.63, 3.8) is 0 Å². The van der Waals surface area contributed by atoms with E-state index in [0.717, 1.165) is 25.0 Å². The van der Waals surface area contributed by atoms with Gasteiger partial charge in [0.05, 0.1) is 10.9 Å². The van der Waals surface area contributed by atoms with Crippen molar-refractivity contribution in [1.82, 2.24) is 0 Å². The molecule has 1 saturated carbocycles. The Morgan fingerprint density at radius 2 is 1.83 bits per heavy atom. The molecule has 0 unspecified atom stereocenters. The van der Waals surface area contributed by atoms with Gasteiger partial charge in [0.15, 0.2) is 5.82 Å². The standard InChI is InChI=1S/C11H14F2N2O2S/c12-8-5-6-9(10(13)11(8)14)15-18(16,17)7-3-1-2-4-7/h5-7,15H,1-4,14H2. The maximum absolute atomic E-state index is 13.6. The molecule has 1 aromatic carbocycles. The molecule has 1 aliphatic carbocycles. The molecule has 0 heterocycles. The number of nitrogen functional groups attached to an aromatic ring is 1. The zero-order valence-electron chi connectivity index (χ0n) is 9.62. The second-order valence-electron chi connectivity index (χ2n) is 4.38. The Morgan fingerprint density at radius 1 is 1.22 bits per heavy atom. The zero-order chi connectivity index (χ0) is 13.3. The van der Waals surface area contributed by atoms with Gasteiger partial charge in [-0.2, -0.15) is 0 Å². The van der Waals surface area contributed by atoms with Crippen molar-refractivity contribution in [2.75, 3.05) is 10.5 Å². The van der Waals surface area contributed by atoms with Crippen LogP contribution < -0.4 is 10.5 Å². The van der Waals surface area contributed by atoms with E-state index in [1.807, 2.05) is 0 Å². The highest BCUT2D eigenvalue weighted by Gasteiger charge is 2.29. The highest BCUT2D eigenvalue weighted by molar-refractivity contribution is 7.93. The summed E-state index contributed by atoms with van der Waals surface area (Å²) in [6.07, 6.45) is 2.82. The Hall–Kier alpha value is -1.37. The normalized spacial score (nSPS) is 17.0. The van der Waals surface area contributed by atoms with Crippen molar-refractivity contribution in [3.8, 4) is 0 Å². The van der Waals surface area contributed by atoms with Crippen LogP contribution in [0.15, 0.2) is 12.1 Å². The van der Waals surface area contributed by atoms with Gasteiger partial charge < -0.3 is 5.73 Å². The van der Waals surface area contributed by atoms with Crippen LogP contribution >= 0.6 is 0 Å². The Bertz CT molecular complexity index is 554. The summed E-state index contributed by atoms with van der Waals surface area (Å²) < 4.78 is 52.6. The SMILES string of the molecule is Nc1c(F)ccc(NS(=O)(=O)C2CCCC2)c1F. The van der Waals surface area contributed by atoms with E-state index in [1.54, 1.807) is 0 Å². The van der Waals surface area contributed by atoms with Crippen molar-refractivity contribution in [3.05, 3.63) is 23.8 Å². The van der Waals surface area contributed by atoms with Crippen molar-refractivity contribution < 1.29 is 17.2 Å². The van der Waals surface area contributed by atoms with Gasteiger partial charge in [0.1, 0.15) is 11.5 Å². The van der Waals surface area contributed by atoms with Crippen molar-refractivity contribution in [2.45, 2.75) is 30.9 Å². The van der Waals surface area contributed by atoms with Crippen LogP contribution in [0.5, 0.6) is 0 Å². The monoisotopic (exact) mass is 276 g/mol. The minimum absolute atomic E-state index is 0.305. The fourth-order valence-corrected chi connectivity index (χ4v) is 3.67. The molecule has 0 radical (unpaired) electrons. The molecule has 4 nitrogen and oxygen atoms in total. The average molecular weight is 276 g/mol. The number of halogens is 2. The van der Waals surface area contributed by atoms with E-state index in [0.29, 0.717) is 12.8 Å². The molecule has 1 aliphatic rings. The third-order valence-electron chi connectivity index (χ3n) is 3.12. The summed E-state index contributed by atoms with van der Waals surface area (Å²) in [7, 11) is -3.63. The summed E-state index contributed by atoms with van der Waals surface area (Å²) in [6.45, 7) is 0. The minimum atomic E-state index is -3.63. The lowest BCUT2D eigenvalue weighted by Crippen LogP contribution is -2.25. The molecule has 0 spiro atoms. The van der Waals surface area contributed by atoms with E-state index < -0.39 is 32.6 Å². The molecule has 1 aromatic rings. The van der Waals surface area contributed by atoms with Crippen LogP contribution in [-0.4, -0.2) is 13.7 Å². The average Bonchev–Trinajstić information content (AvgIpc) is 2.84. The van der Waals surface area contributed by atoms with E-state index in [1.165, 1.54) is 0 Å². The van der Waals surface area contributed by atoms with E-state index in [-0.39, 0.29) is 5.69 Å². The number of benzene rings is 1. The van der Waals surface area contributed by atoms with Crippen LogP contribution in [0.2, 0.25) is 0 Å². The number of nitrogens with one attached hydrogen (secondary N) is 1. The minimum Gasteiger partial charge on any atom is -0.394 e. The molecule has 0 aromatic heterocycles. The van der Waals surface area contributed by atoms with Gasteiger partial charge in [-0.15, -0.1) is 0 Å². The van der Waals surface area contributed by atoms with Gasteiger partial charge >= 0.3 is 0 Å². The number of hydrogen-bond donors (Lipinski definition) is 2. The Kier molecular flexibility index (Phi) is 3.43. The largest absolute Gasteiger partial charge is 0.394 e. The van der Waals surface area contributed by atoms with E-state index in [4.69, 9.17) is 5.73 Å². The number of rotatable bonds is 3. The van der Waals surface area contributed by atoms with E-state index in [9.17, 15) is 17.2 Å². The molecule has 18 heavy (non-hydrogen) atoms. The van der Waals surface area contributed by atoms with Gasteiger partial charge in [0, 0.05) is 0 Å². The van der Waals surface area contributed by atoms with E-state index >= 15 is 0 Å². The quantitative estimate of drug-likeness (QED) is 0.831. The molecule has 1 fully saturated rings. The lowest BCUT2D eigenvalue weighted by Gasteiger charge is -2.14. The van der Waals surface area contributed by atoms with Crippen molar-refractivity contribution in [2.24, 2.45) is 0 Å². The molecule has 0 amide bonds. The van der Waals surface area contributed by atoms with Gasteiger partial charge in [-0.25, -0.2) is 17.2 Å². The molecule has 0 atom stereocenters.